The van der Waals surface area contributed by atoms with Gasteiger partial charge in [0.2, 0.25) is 0 Å². The van der Waals surface area contributed by atoms with E-state index in [1.54, 1.807) is 11.1 Å². The molecule has 0 atom stereocenters. The highest BCUT2D eigenvalue weighted by Crippen LogP contribution is 2.29. The highest BCUT2D eigenvalue weighted by molar-refractivity contribution is 5.51. The topological polar surface area (TPSA) is 0 Å². The second-order valence-electron chi connectivity index (χ2n) is 5.24. The molecule has 1 aliphatic carbocycles. The van der Waals surface area contributed by atoms with Gasteiger partial charge in [-0.15, -0.1) is 0 Å². The van der Waals surface area contributed by atoms with Gasteiger partial charge in [0.1, 0.15) is 0 Å². The van der Waals surface area contributed by atoms with Crippen LogP contribution in [0.1, 0.15) is 39.8 Å². The van der Waals surface area contributed by atoms with E-state index in [9.17, 15) is 0 Å². The molecule has 0 N–H and O–H groups in total. The Hall–Kier alpha value is -1.30. The number of hydrogen-bond donors (Lipinski definition) is 0. The van der Waals surface area contributed by atoms with Gasteiger partial charge in [-0.2, -0.15) is 0 Å². The van der Waals surface area contributed by atoms with Crippen molar-refractivity contribution in [3.63, 3.8) is 0 Å². The standard InChI is InChI=1S/C17H22/c1-11-12(2)14(4)17(15(5)13(11)3)10-16-8-6-7-9-16/h6-8H,9-10H2,1-5H3. The predicted molar refractivity (Wildman–Crippen MR) is 75.7 cm³/mol. The minimum absolute atomic E-state index is 1.12. The first-order chi connectivity index (χ1) is 8.02. The van der Waals surface area contributed by atoms with Crippen LogP contribution in [0.3, 0.4) is 0 Å². The highest BCUT2D eigenvalue weighted by atomic mass is 14.2. The summed E-state index contributed by atoms with van der Waals surface area (Å²) in [7, 11) is 0. The molecule has 0 bridgehead atoms. The molecule has 0 radical (unpaired) electrons. The van der Waals surface area contributed by atoms with Crippen molar-refractivity contribution in [2.75, 3.05) is 0 Å². The molecule has 0 saturated carbocycles. The molecule has 1 aliphatic rings. The zero-order valence-corrected chi connectivity index (χ0v) is 11.6. The van der Waals surface area contributed by atoms with Crippen LogP contribution in [0, 0.1) is 34.6 Å². The Labute approximate surface area is 105 Å². The minimum atomic E-state index is 1.12. The van der Waals surface area contributed by atoms with E-state index in [0.717, 1.165) is 12.8 Å². The Bertz CT molecular complexity index is 484. The molecule has 0 heterocycles. The monoisotopic (exact) mass is 226 g/mol. The van der Waals surface area contributed by atoms with Crippen LogP contribution in [-0.2, 0) is 6.42 Å². The number of benzene rings is 1. The van der Waals surface area contributed by atoms with Crippen LogP contribution in [0.4, 0.5) is 0 Å². The summed E-state index contributed by atoms with van der Waals surface area (Å²) in [5.74, 6) is 0. The van der Waals surface area contributed by atoms with Crippen molar-refractivity contribution in [1.82, 2.24) is 0 Å². The third-order valence-electron chi connectivity index (χ3n) is 4.41. The van der Waals surface area contributed by atoms with Crippen molar-refractivity contribution in [2.45, 2.75) is 47.5 Å². The molecule has 0 aromatic heterocycles. The molecular formula is C17H22. The van der Waals surface area contributed by atoms with Crippen LogP contribution in [0.15, 0.2) is 23.8 Å². The zero-order valence-electron chi connectivity index (χ0n) is 11.6. The molecule has 0 spiro atoms. The lowest BCUT2D eigenvalue weighted by Crippen LogP contribution is -2.03. The van der Waals surface area contributed by atoms with E-state index in [1.807, 2.05) is 0 Å². The molecule has 1 aromatic rings. The van der Waals surface area contributed by atoms with Crippen molar-refractivity contribution in [3.05, 3.63) is 57.2 Å². The van der Waals surface area contributed by atoms with Crippen LogP contribution in [0.2, 0.25) is 0 Å². The smallest absolute Gasteiger partial charge is 0.00554 e. The lowest BCUT2D eigenvalue weighted by Gasteiger charge is -2.19. The van der Waals surface area contributed by atoms with Gasteiger partial charge in [-0.05, 0) is 80.8 Å². The van der Waals surface area contributed by atoms with Crippen molar-refractivity contribution in [3.8, 4) is 0 Å². The van der Waals surface area contributed by atoms with Gasteiger partial charge in [0.25, 0.3) is 0 Å². The van der Waals surface area contributed by atoms with Crippen LogP contribution in [0.25, 0.3) is 0 Å². The van der Waals surface area contributed by atoms with Crippen LogP contribution in [0.5, 0.6) is 0 Å². The fourth-order valence-electron chi connectivity index (χ4n) is 2.69. The molecule has 0 saturated heterocycles. The van der Waals surface area contributed by atoms with Gasteiger partial charge >= 0.3 is 0 Å². The van der Waals surface area contributed by atoms with E-state index >= 15 is 0 Å². The zero-order chi connectivity index (χ0) is 12.6. The Morgan fingerprint density at radius 3 is 1.82 bits per heavy atom. The van der Waals surface area contributed by atoms with E-state index in [4.69, 9.17) is 0 Å². The lowest BCUT2D eigenvalue weighted by atomic mass is 9.86. The van der Waals surface area contributed by atoms with Crippen molar-refractivity contribution in [1.29, 1.82) is 0 Å². The van der Waals surface area contributed by atoms with E-state index in [-0.39, 0.29) is 0 Å². The summed E-state index contributed by atoms with van der Waals surface area (Å²) < 4.78 is 0. The third kappa shape index (κ3) is 2.09. The molecule has 17 heavy (non-hydrogen) atoms. The molecule has 0 amide bonds. The van der Waals surface area contributed by atoms with Crippen LogP contribution >= 0.6 is 0 Å². The third-order valence-corrected chi connectivity index (χ3v) is 4.41. The van der Waals surface area contributed by atoms with Crippen molar-refractivity contribution in [2.24, 2.45) is 0 Å². The Morgan fingerprint density at radius 1 is 0.824 bits per heavy atom. The number of rotatable bonds is 2. The molecule has 0 nitrogen and oxygen atoms in total. The molecule has 0 aliphatic heterocycles. The minimum Gasteiger partial charge on any atom is -0.0804 e. The molecule has 1 aromatic carbocycles. The molecule has 90 valence electrons. The predicted octanol–water partition coefficient (Wildman–Crippen LogP) is 4.66. The fourth-order valence-corrected chi connectivity index (χ4v) is 2.69. The Morgan fingerprint density at radius 2 is 1.35 bits per heavy atom. The van der Waals surface area contributed by atoms with Gasteiger partial charge in [-0.1, -0.05) is 23.8 Å². The number of allylic oxidation sites excluding steroid dienone is 4. The highest BCUT2D eigenvalue weighted by Gasteiger charge is 2.13. The summed E-state index contributed by atoms with van der Waals surface area (Å²) in [6.45, 7) is 11.3. The number of hydrogen-bond acceptors (Lipinski definition) is 0. The summed E-state index contributed by atoms with van der Waals surface area (Å²) in [5, 5.41) is 0. The molecule has 2 rings (SSSR count). The lowest BCUT2D eigenvalue weighted by molar-refractivity contribution is 1.02. The summed E-state index contributed by atoms with van der Waals surface area (Å²) in [4.78, 5) is 0. The first-order valence-electron chi connectivity index (χ1n) is 6.42. The Kier molecular flexibility index (Phi) is 3.24. The van der Waals surface area contributed by atoms with E-state index in [0.29, 0.717) is 0 Å². The summed E-state index contributed by atoms with van der Waals surface area (Å²) in [5.41, 5.74) is 10.4. The fraction of sp³-hybridized carbons (Fsp3) is 0.412. The van der Waals surface area contributed by atoms with E-state index in [1.165, 1.54) is 27.8 Å². The maximum Gasteiger partial charge on any atom is -0.00554 e. The van der Waals surface area contributed by atoms with Gasteiger partial charge in [-0.3, -0.25) is 0 Å². The van der Waals surface area contributed by atoms with Crippen molar-refractivity contribution >= 4 is 0 Å². The molecular weight excluding hydrogens is 204 g/mol. The molecule has 0 unspecified atom stereocenters. The SMILES string of the molecule is Cc1c(C)c(C)c(CC2=CC=CC2)c(C)c1C. The van der Waals surface area contributed by atoms with Gasteiger partial charge in [-0.25, -0.2) is 0 Å². The van der Waals surface area contributed by atoms with Gasteiger partial charge in [0, 0.05) is 0 Å². The second kappa shape index (κ2) is 4.52. The van der Waals surface area contributed by atoms with Gasteiger partial charge < -0.3 is 0 Å². The summed E-state index contributed by atoms with van der Waals surface area (Å²) in [6.07, 6.45) is 8.93. The largest absolute Gasteiger partial charge is 0.0804 e. The van der Waals surface area contributed by atoms with Gasteiger partial charge in [0.05, 0.1) is 0 Å². The normalized spacial score (nSPS) is 14.3. The quantitative estimate of drug-likeness (QED) is 0.688. The average molecular weight is 226 g/mol. The van der Waals surface area contributed by atoms with Crippen LogP contribution in [-0.4, -0.2) is 0 Å². The molecule has 0 fully saturated rings. The first kappa shape index (κ1) is 12.2. The second-order valence-corrected chi connectivity index (χ2v) is 5.24. The van der Waals surface area contributed by atoms with Crippen LogP contribution < -0.4 is 0 Å². The van der Waals surface area contributed by atoms with E-state index < -0.39 is 0 Å². The van der Waals surface area contributed by atoms with Gasteiger partial charge in [0.15, 0.2) is 0 Å². The molecule has 0 heteroatoms. The Balaban J connectivity index is 2.46. The average Bonchev–Trinajstić information content (AvgIpc) is 2.82. The summed E-state index contributed by atoms with van der Waals surface area (Å²) in [6, 6.07) is 0. The first-order valence-corrected chi connectivity index (χ1v) is 6.42. The summed E-state index contributed by atoms with van der Waals surface area (Å²) >= 11 is 0. The maximum absolute atomic E-state index is 2.27. The maximum atomic E-state index is 2.27. The van der Waals surface area contributed by atoms with E-state index in [2.05, 4.69) is 52.8 Å². The van der Waals surface area contributed by atoms with Crippen molar-refractivity contribution < 1.29 is 0 Å².